The van der Waals surface area contributed by atoms with E-state index in [2.05, 4.69) is 4.98 Å². The number of nitrogens with zero attached hydrogens (tertiary/aromatic N) is 1. The van der Waals surface area contributed by atoms with Crippen molar-refractivity contribution in [2.24, 2.45) is 5.73 Å². The Morgan fingerprint density at radius 3 is 2.83 bits per heavy atom. The first-order valence-electron chi connectivity index (χ1n) is 3.54. The lowest BCUT2D eigenvalue weighted by molar-refractivity contribution is 0.0659. The van der Waals surface area contributed by atoms with Crippen molar-refractivity contribution in [2.75, 3.05) is 6.54 Å². The molecule has 1 heterocycles. The van der Waals surface area contributed by atoms with E-state index in [9.17, 15) is 4.79 Å². The van der Waals surface area contributed by atoms with E-state index in [1.54, 1.807) is 6.92 Å². The number of aromatic nitrogens is 1. The fraction of sp³-hybridized carbons (Fsp3) is 0.429. The minimum Gasteiger partial charge on any atom is -0.475 e. The van der Waals surface area contributed by atoms with Gasteiger partial charge in [0.25, 0.3) is 0 Å². The minimum absolute atomic E-state index is 0.0987. The second-order valence-corrected chi connectivity index (χ2v) is 2.37. The van der Waals surface area contributed by atoms with Gasteiger partial charge in [0.05, 0.1) is 5.69 Å². The van der Waals surface area contributed by atoms with Gasteiger partial charge in [0.15, 0.2) is 5.89 Å². The molecule has 0 amide bonds. The molecule has 0 radical (unpaired) electrons. The number of hydrogen-bond donors (Lipinski definition) is 2. The van der Waals surface area contributed by atoms with E-state index in [1.807, 2.05) is 0 Å². The lowest BCUT2D eigenvalue weighted by Crippen LogP contribution is -2.02. The van der Waals surface area contributed by atoms with Crippen LogP contribution in [0.5, 0.6) is 0 Å². The van der Waals surface area contributed by atoms with Gasteiger partial charge in [0.2, 0.25) is 5.76 Å². The summed E-state index contributed by atoms with van der Waals surface area (Å²) in [6, 6.07) is 0. The molecule has 0 atom stereocenters. The van der Waals surface area contributed by atoms with Crippen LogP contribution in [-0.2, 0) is 6.42 Å². The second kappa shape index (κ2) is 3.36. The Morgan fingerprint density at radius 2 is 2.42 bits per heavy atom. The van der Waals surface area contributed by atoms with Crippen LogP contribution in [0.25, 0.3) is 0 Å². The average Bonchev–Trinajstić information content (AvgIpc) is 2.32. The first-order valence-corrected chi connectivity index (χ1v) is 3.54. The number of carbonyl (C=O) groups is 1. The molecule has 0 spiro atoms. The van der Waals surface area contributed by atoms with E-state index in [1.165, 1.54) is 0 Å². The van der Waals surface area contributed by atoms with E-state index in [0.717, 1.165) is 0 Å². The zero-order chi connectivity index (χ0) is 9.14. The monoisotopic (exact) mass is 170 g/mol. The van der Waals surface area contributed by atoms with Gasteiger partial charge in [-0.1, -0.05) is 0 Å². The zero-order valence-electron chi connectivity index (χ0n) is 6.70. The molecule has 0 aliphatic rings. The summed E-state index contributed by atoms with van der Waals surface area (Å²) >= 11 is 0. The summed E-state index contributed by atoms with van der Waals surface area (Å²) in [4.78, 5) is 14.4. The number of carboxylic acid groups (broad SMARTS) is 1. The standard InChI is InChI=1S/C7H10N2O3/c1-4-6(7(10)11)12-5(9-4)2-3-8/h2-3,8H2,1H3,(H,10,11). The van der Waals surface area contributed by atoms with Crippen molar-refractivity contribution in [1.82, 2.24) is 4.98 Å². The topological polar surface area (TPSA) is 89.4 Å². The van der Waals surface area contributed by atoms with Gasteiger partial charge in [-0.3, -0.25) is 0 Å². The molecule has 0 aliphatic heterocycles. The van der Waals surface area contributed by atoms with Crippen molar-refractivity contribution in [3.05, 3.63) is 17.3 Å². The largest absolute Gasteiger partial charge is 0.475 e. The molecule has 1 aromatic heterocycles. The fourth-order valence-corrected chi connectivity index (χ4v) is 0.881. The third-order valence-corrected chi connectivity index (χ3v) is 1.39. The Morgan fingerprint density at radius 1 is 1.75 bits per heavy atom. The SMILES string of the molecule is Cc1nc(CCN)oc1C(=O)O. The molecule has 0 saturated heterocycles. The van der Waals surface area contributed by atoms with Crippen LogP contribution in [-0.4, -0.2) is 22.6 Å². The Balaban J connectivity index is 2.92. The lowest BCUT2D eigenvalue weighted by atomic mass is 10.4. The molecule has 5 nitrogen and oxygen atoms in total. The molecular weight excluding hydrogens is 160 g/mol. The van der Waals surface area contributed by atoms with Gasteiger partial charge in [0.1, 0.15) is 0 Å². The molecule has 0 aliphatic carbocycles. The van der Waals surface area contributed by atoms with Crippen molar-refractivity contribution < 1.29 is 14.3 Å². The Kier molecular flexibility index (Phi) is 2.44. The number of aromatic carboxylic acids is 1. The highest BCUT2D eigenvalue weighted by molar-refractivity contribution is 5.85. The third-order valence-electron chi connectivity index (χ3n) is 1.39. The molecule has 0 unspecified atom stereocenters. The molecule has 0 fully saturated rings. The van der Waals surface area contributed by atoms with E-state index in [4.69, 9.17) is 15.3 Å². The molecule has 0 bridgehead atoms. The molecular formula is C7H10N2O3. The Hall–Kier alpha value is -1.36. The van der Waals surface area contributed by atoms with Crippen LogP contribution in [0, 0.1) is 6.92 Å². The van der Waals surface area contributed by atoms with Crippen molar-refractivity contribution in [3.8, 4) is 0 Å². The number of rotatable bonds is 3. The van der Waals surface area contributed by atoms with Crippen LogP contribution in [0.3, 0.4) is 0 Å². The van der Waals surface area contributed by atoms with Crippen LogP contribution in [0.1, 0.15) is 22.1 Å². The summed E-state index contributed by atoms with van der Waals surface area (Å²) in [5.74, 6) is -0.811. The molecule has 1 aromatic rings. The predicted octanol–water partition coefficient (Wildman–Crippen LogP) is 0.182. The molecule has 3 N–H and O–H groups in total. The third kappa shape index (κ3) is 1.62. The van der Waals surface area contributed by atoms with Crippen molar-refractivity contribution in [2.45, 2.75) is 13.3 Å². The number of aryl methyl sites for hydroxylation is 1. The quantitative estimate of drug-likeness (QED) is 0.675. The highest BCUT2D eigenvalue weighted by Crippen LogP contribution is 2.09. The normalized spacial score (nSPS) is 10.2. The maximum Gasteiger partial charge on any atom is 0.373 e. The lowest BCUT2D eigenvalue weighted by Gasteiger charge is -1.87. The molecule has 66 valence electrons. The first-order chi connectivity index (χ1) is 5.65. The highest BCUT2D eigenvalue weighted by Gasteiger charge is 2.14. The number of oxazole rings is 1. The first kappa shape index (κ1) is 8.73. The molecule has 0 aromatic carbocycles. The summed E-state index contributed by atoms with van der Waals surface area (Å²) in [5, 5.41) is 8.58. The Bertz CT molecular complexity index is 293. The minimum atomic E-state index is -1.09. The summed E-state index contributed by atoms with van der Waals surface area (Å²) in [6.45, 7) is 1.99. The van der Waals surface area contributed by atoms with Crippen molar-refractivity contribution >= 4 is 5.97 Å². The molecule has 0 saturated carbocycles. The highest BCUT2D eigenvalue weighted by atomic mass is 16.4. The smallest absolute Gasteiger partial charge is 0.373 e. The van der Waals surface area contributed by atoms with Crippen LogP contribution in [0.4, 0.5) is 0 Å². The second-order valence-electron chi connectivity index (χ2n) is 2.37. The zero-order valence-corrected chi connectivity index (χ0v) is 6.70. The maximum atomic E-state index is 10.5. The van der Waals surface area contributed by atoms with E-state index in [-0.39, 0.29) is 5.76 Å². The summed E-state index contributed by atoms with van der Waals surface area (Å²) in [5.41, 5.74) is 5.64. The van der Waals surface area contributed by atoms with E-state index < -0.39 is 5.97 Å². The predicted molar refractivity (Wildman–Crippen MR) is 41.0 cm³/mol. The van der Waals surface area contributed by atoms with Gasteiger partial charge < -0.3 is 15.3 Å². The van der Waals surface area contributed by atoms with Crippen molar-refractivity contribution in [3.63, 3.8) is 0 Å². The fourth-order valence-electron chi connectivity index (χ4n) is 0.881. The maximum absolute atomic E-state index is 10.5. The van der Waals surface area contributed by atoms with E-state index in [0.29, 0.717) is 24.6 Å². The van der Waals surface area contributed by atoms with Crippen LogP contribution >= 0.6 is 0 Å². The van der Waals surface area contributed by atoms with Gasteiger partial charge in [-0.05, 0) is 6.92 Å². The molecule has 12 heavy (non-hydrogen) atoms. The van der Waals surface area contributed by atoms with Crippen LogP contribution in [0.2, 0.25) is 0 Å². The molecule has 1 rings (SSSR count). The van der Waals surface area contributed by atoms with Gasteiger partial charge in [-0.2, -0.15) is 0 Å². The molecule has 5 heteroatoms. The Labute approximate surface area is 69.2 Å². The summed E-state index contributed by atoms with van der Waals surface area (Å²) in [6.07, 6.45) is 0.466. The van der Waals surface area contributed by atoms with Crippen LogP contribution in [0.15, 0.2) is 4.42 Å². The summed E-state index contributed by atoms with van der Waals surface area (Å²) < 4.78 is 4.93. The summed E-state index contributed by atoms with van der Waals surface area (Å²) in [7, 11) is 0. The van der Waals surface area contributed by atoms with Gasteiger partial charge in [-0.15, -0.1) is 0 Å². The van der Waals surface area contributed by atoms with Crippen LogP contribution < -0.4 is 5.73 Å². The van der Waals surface area contributed by atoms with E-state index >= 15 is 0 Å². The number of carboxylic acids is 1. The number of nitrogens with two attached hydrogens (primary N) is 1. The van der Waals surface area contributed by atoms with Gasteiger partial charge in [0, 0.05) is 13.0 Å². The van der Waals surface area contributed by atoms with Gasteiger partial charge >= 0.3 is 5.97 Å². The average molecular weight is 170 g/mol. The number of hydrogen-bond acceptors (Lipinski definition) is 4. The van der Waals surface area contributed by atoms with Gasteiger partial charge in [-0.25, -0.2) is 9.78 Å². The van der Waals surface area contributed by atoms with Crippen molar-refractivity contribution in [1.29, 1.82) is 0 Å².